The third-order valence-corrected chi connectivity index (χ3v) is 7.13. The highest BCUT2D eigenvalue weighted by Crippen LogP contribution is 2.60. The van der Waals surface area contributed by atoms with Crippen LogP contribution in [0.1, 0.15) is 44.1 Å². The molecule has 1 N–H and O–H groups in total. The van der Waals surface area contributed by atoms with Crippen molar-refractivity contribution in [1.29, 1.82) is 0 Å². The summed E-state index contributed by atoms with van der Waals surface area (Å²) in [6.45, 7) is 0. The van der Waals surface area contributed by atoms with Gasteiger partial charge in [0.25, 0.3) is 0 Å². The summed E-state index contributed by atoms with van der Waals surface area (Å²) in [5.74, 6) is 1.81. The summed E-state index contributed by atoms with van der Waals surface area (Å²) >= 11 is 3.46. The molecule has 26 heavy (non-hydrogen) atoms. The van der Waals surface area contributed by atoms with Gasteiger partial charge in [-0.05, 0) is 74.0 Å². The number of carbonyl (C=O) groups excluding carboxylic acids is 2. The van der Waals surface area contributed by atoms with Crippen LogP contribution < -0.4 is 5.32 Å². The van der Waals surface area contributed by atoms with E-state index < -0.39 is 6.04 Å². The second kappa shape index (κ2) is 6.99. The van der Waals surface area contributed by atoms with Gasteiger partial charge in [0.2, 0.25) is 5.91 Å². The van der Waals surface area contributed by atoms with E-state index in [0.717, 1.165) is 29.3 Å². The first-order valence-corrected chi connectivity index (χ1v) is 10.4. The van der Waals surface area contributed by atoms with Gasteiger partial charge >= 0.3 is 5.97 Å². The molecular weight excluding hydrogens is 394 g/mol. The lowest BCUT2D eigenvalue weighted by molar-refractivity contribution is -0.152. The number of hydrogen-bond acceptors (Lipinski definition) is 3. The normalized spacial score (nSPS) is 32.9. The predicted molar refractivity (Wildman–Crippen MR) is 102 cm³/mol. The lowest BCUT2D eigenvalue weighted by Gasteiger charge is -2.55. The van der Waals surface area contributed by atoms with Crippen molar-refractivity contribution in [1.82, 2.24) is 5.32 Å². The number of nitrogens with one attached hydrogen (secondary N) is 1. The van der Waals surface area contributed by atoms with Crippen molar-refractivity contribution in [2.45, 2.75) is 51.0 Å². The number of rotatable bonds is 5. The number of methoxy groups -OCH3 is 1. The zero-order valence-corrected chi connectivity index (χ0v) is 16.8. The molecule has 0 aliphatic heterocycles. The first kappa shape index (κ1) is 18.0. The molecule has 4 nitrogen and oxygen atoms in total. The molecule has 0 unspecified atom stereocenters. The van der Waals surface area contributed by atoms with E-state index in [2.05, 4.69) is 21.2 Å². The van der Waals surface area contributed by atoms with Gasteiger partial charge in [-0.25, -0.2) is 4.79 Å². The van der Waals surface area contributed by atoms with Gasteiger partial charge in [-0.1, -0.05) is 28.1 Å². The van der Waals surface area contributed by atoms with Crippen LogP contribution in [0.25, 0.3) is 0 Å². The van der Waals surface area contributed by atoms with Crippen molar-refractivity contribution < 1.29 is 14.3 Å². The third kappa shape index (κ3) is 3.42. The molecule has 1 aromatic rings. The molecule has 1 atom stereocenters. The van der Waals surface area contributed by atoms with Gasteiger partial charge in [-0.3, -0.25) is 4.79 Å². The summed E-state index contributed by atoms with van der Waals surface area (Å²) in [6.07, 6.45) is 7.33. The van der Waals surface area contributed by atoms with Crippen molar-refractivity contribution >= 4 is 27.8 Å². The van der Waals surface area contributed by atoms with E-state index in [0.29, 0.717) is 24.2 Å². The first-order valence-electron chi connectivity index (χ1n) is 9.61. The third-order valence-electron chi connectivity index (χ3n) is 6.64. The zero-order valence-electron chi connectivity index (χ0n) is 15.2. The fourth-order valence-electron chi connectivity index (χ4n) is 5.94. The molecule has 1 aromatic carbocycles. The van der Waals surface area contributed by atoms with Gasteiger partial charge in [0.1, 0.15) is 6.04 Å². The molecule has 0 spiro atoms. The number of halogens is 1. The predicted octanol–water partition coefficient (Wildman–Crippen LogP) is 3.87. The van der Waals surface area contributed by atoms with Crippen LogP contribution in [0, 0.1) is 23.2 Å². The standard InChI is InChI=1S/C21H26BrNO3/c1-26-19(24)18(9-13-3-2-4-17(22)8-13)23-20(25)21-10-14-5-15(11-21)7-16(6-14)12-21/h2-4,8,14-16,18H,5-7,9-12H2,1H3,(H,23,25)/t14?,15?,16?,18-,21?/m0/s1. The first-order chi connectivity index (χ1) is 12.5. The second-order valence-electron chi connectivity index (χ2n) is 8.58. The summed E-state index contributed by atoms with van der Waals surface area (Å²) in [5.41, 5.74) is 0.749. The van der Waals surface area contributed by atoms with Crippen molar-refractivity contribution in [3.8, 4) is 0 Å². The fourth-order valence-corrected chi connectivity index (χ4v) is 6.38. The van der Waals surface area contributed by atoms with Crippen LogP contribution in [-0.2, 0) is 20.7 Å². The lowest BCUT2D eigenvalue weighted by atomic mass is 9.49. The van der Waals surface area contributed by atoms with E-state index >= 15 is 0 Å². The molecule has 4 fully saturated rings. The van der Waals surface area contributed by atoms with Crippen LogP contribution in [0.3, 0.4) is 0 Å². The fraction of sp³-hybridized carbons (Fsp3) is 0.619. The topological polar surface area (TPSA) is 55.4 Å². The maximum absolute atomic E-state index is 13.3. The highest BCUT2D eigenvalue weighted by Gasteiger charge is 2.55. The smallest absolute Gasteiger partial charge is 0.328 e. The number of amides is 1. The number of carbonyl (C=O) groups is 2. The molecule has 1 amide bonds. The highest BCUT2D eigenvalue weighted by molar-refractivity contribution is 9.10. The molecule has 4 saturated carbocycles. The van der Waals surface area contributed by atoms with Crippen molar-refractivity contribution in [3.63, 3.8) is 0 Å². The zero-order chi connectivity index (χ0) is 18.3. The van der Waals surface area contributed by atoms with E-state index in [1.165, 1.54) is 26.4 Å². The van der Waals surface area contributed by atoms with Crippen LogP contribution in [0.2, 0.25) is 0 Å². The molecule has 5 rings (SSSR count). The van der Waals surface area contributed by atoms with Gasteiger partial charge in [-0.15, -0.1) is 0 Å². The summed E-state index contributed by atoms with van der Waals surface area (Å²) in [4.78, 5) is 25.6. The molecule has 5 heteroatoms. The molecule has 140 valence electrons. The Bertz CT molecular complexity index is 682. The Morgan fingerprint density at radius 1 is 1.19 bits per heavy atom. The van der Waals surface area contributed by atoms with Crippen molar-refractivity contribution in [3.05, 3.63) is 34.3 Å². The van der Waals surface area contributed by atoms with E-state index in [1.807, 2.05) is 24.3 Å². The Hall–Kier alpha value is -1.36. The molecule has 4 bridgehead atoms. The molecule has 0 saturated heterocycles. The van der Waals surface area contributed by atoms with Gasteiger partial charge < -0.3 is 10.1 Å². The molecule has 0 aromatic heterocycles. The Labute approximate surface area is 163 Å². The van der Waals surface area contributed by atoms with E-state index in [1.54, 1.807) is 0 Å². The van der Waals surface area contributed by atoms with Crippen molar-refractivity contribution in [2.75, 3.05) is 7.11 Å². The van der Waals surface area contributed by atoms with E-state index in [9.17, 15) is 9.59 Å². The largest absolute Gasteiger partial charge is 0.467 e. The molecular formula is C21H26BrNO3. The average Bonchev–Trinajstić information content (AvgIpc) is 2.59. The van der Waals surface area contributed by atoms with Crippen LogP contribution >= 0.6 is 15.9 Å². The highest BCUT2D eigenvalue weighted by atomic mass is 79.9. The Morgan fingerprint density at radius 3 is 2.35 bits per heavy atom. The Kier molecular flexibility index (Phi) is 4.84. The summed E-state index contributed by atoms with van der Waals surface area (Å²) in [6, 6.07) is 7.21. The van der Waals surface area contributed by atoms with Gasteiger partial charge in [-0.2, -0.15) is 0 Å². The van der Waals surface area contributed by atoms with Crippen molar-refractivity contribution in [2.24, 2.45) is 23.2 Å². The Balaban J connectivity index is 1.50. The second-order valence-corrected chi connectivity index (χ2v) is 9.50. The molecule has 0 heterocycles. The SMILES string of the molecule is COC(=O)[C@H](Cc1cccc(Br)c1)NC(=O)C12CC3CC(CC(C3)C1)C2. The summed E-state index contributed by atoms with van der Waals surface area (Å²) in [7, 11) is 1.38. The van der Waals surface area contributed by atoms with Gasteiger partial charge in [0.15, 0.2) is 0 Å². The molecule has 4 aliphatic carbocycles. The molecule has 0 radical (unpaired) electrons. The Morgan fingerprint density at radius 2 is 1.81 bits per heavy atom. The minimum Gasteiger partial charge on any atom is -0.467 e. The number of benzene rings is 1. The average molecular weight is 420 g/mol. The number of ether oxygens (including phenoxy) is 1. The lowest BCUT2D eigenvalue weighted by Crippen LogP contribution is -2.56. The van der Waals surface area contributed by atoms with Crippen LogP contribution in [0.5, 0.6) is 0 Å². The summed E-state index contributed by atoms with van der Waals surface area (Å²) in [5, 5.41) is 3.06. The monoisotopic (exact) mass is 419 g/mol. The van der Waals surface area contributed by atoms with E-state index in [4.69, 9.17) is 4.74 Å². The van der Waals surface area contributed by atoms with E-state index in [-0.39, 0.29) is 17.3 Å². The minimum absolute atomic E-state index is 0.0713. The molecule has 4 aliphatic rings. The van der Waals surface area contributed by atoms with Crippen LogP contribution in [-0.4, -0.2) is 25.0 Å². The maximum Gasteiger partial charge on any atom is 0.328 e. The van der Waals surface area contributed by atoms with Crippen LogP contribution in [0.4, 0.5) is 0 Å². The number of esters is 1. The minimum atomic E-state index is -0.630. The van der Waals surface area contributed by atoms with Crippen LogP contribution in [0.15, 0.2) is 28.7 Å². The summed E-state index contributed by atoms with van der Waals surface area (Å²) < 4.78 is 5.93. The van der Waals surface area contributed by atoms with Gasteiger partial charge in [0.05, 0.1) is 7.11 Å². The number of hydrogen-bond donors (Lipinski definition) is 1. The maximum atomic E-state index is 13.3. The quantitative estimate of drug-likeness (QED) is 0.736. The van der Waals surface area contributed by atoms with Gasteiger partial charge in [0, 0.05) is 16.3 Å².